The zero-order valence-electron chi connectivity index (χ0n) is 11.6. The number of carboxylic acids is 1. The van der Waals surface area contributed by atoms with E-state index in [1.54, 1.807) is 14.0 Å². The summed E-state index contributed by atoms with van der Waals surface area (Å²) < 4.78 is 1.35. The molecule has 0 aliphatic rings. The first-order valence-corrected chi connectivity index (χ1v) is 7.07. The fraction of sp³-hybridized carbons (Fsp3) is 0.636. The topological polar surface area (TPSA) is 117 Å². The van der Waals surface area contributed by atoms with Crippen molar-refractivity contribution in [3.05, 3.63) is 20.7 Å². The molecule has 1 heterocycles. The highest BCUT2D eigenvalue weighted by atomic mass is 32.2. The van der Waals surface area contributed by atoms with Crippen LogP contribution in [0.25, 0.3) is 0 Å². The molecule has 0 fully saturated rings. The van der Waals surface area contributed by atoms with Gasteiger partial charge in [0, 0.05) is 12.8 Å². The summed E-state index contributed by atoms with van der Waals surface area (Å²) in [4.78, 5) is 37.1. The smallest absolute Gasteiger partial charge is 0.339 e. The first-order chi connectivity index (χ1) is 9.30. The van der Waals surface area contributed by atoms with Crippen LogP contribution in [0.3, 0.4) is 0 Å². The number of rotatable bonds is 7. The lowest BCUT2D eigenvalue weighted by atomic mass is 9.99. The molecular formula is C11H18N4O4S. The first-order valence-electron chi connectivity index (χ1n) is 6.08. The van der Waals surface area contributed by atoms with E-state index >= 15 is 0 Å². The maximum Gasteiger partial charge on any atom is 0.339 e. The minimum absolute atomic E-state index is 0.346. The Bertz CT molecular complexity index is 597. The first kappa shape index (κ1) is 16.4. The number of aromatic amines is 1. The van der Waals surface area contributed by atoms with Crippen molar-refractivity contribution >= 4 is 17.7 Å². The van der Waals surface area contributed by atoms with Gasteiger partial charge in [0.25, 0.3) is 0 Å². The summed E-state index contributed by atoms with van der Waals surface area (Å²) >= 11 is 1.22. The van der Waals surface area contributed by atoms with Gasteiger partial charge in [0.05, 0.1) is 0 Å². The Hall–Kier alpha value is -1.61. The third-order valence-corrected chi connectivity index (χ3v) is 3.85. The minimum Gasteiger partial charge on any atom is -0.480 e. The molecule has 0 aliphatic carbocycles. The van der Waals surface area contributed by atoms with Crippen LogP contribution in [-0.4, -0.2) is 43.7 Å². The fourth-order valence-electron chi connectivity index (χ4n) is 1.60. The van der Waals surface area contributed by atoms with Crippen LogP contribution < -0.4 is 16.4 Å². The summed E-state index contributed by atoms with van der Waals surface area (Å²) in [6.45, 7) is 3.99. The molecule has 3 N–H and O–H groups in total. The van der Waals surface area contributed by atoms with Crippen molar-refractivity contribution in [1.82, 2.24) is 20.1 Å². The highest BCUT2D eigenvalue weighted by molar-refractivity contribution is 7.99. The summed E-state index contributed by atoms with van der Waals surface area (Å²) in [7, 11) is 1.57. The van der Waals surface area contributed by atoms with E-state index in [-0.39, 0.29) is 0 Å². The number of hydrogen-bond donors (Lipinski definition) is 3. The lowest BCUT2D eigenvalue weighted by Gasteiger charge is -2.25. The number of carboxylic acid groups (broad SMARTS) is 1. The molecule has 8 nitrogen and oxygen atoms in total. The number of carbonyl (C=O) groups is 1. The largest absolute Gasteiger partial charge is 0.480 e. The van der Waals surface area contributed by atoms with Crippen molar-refractivity contribution in [2.24, 2.45) is 7.05 Å². The minimum atomic E-state index is -1.02. The summed E-state index contributed by atoms with van der Waals surface area (Å²) in [5.41, 5.74) is -2.65. The molecule has 0 amide bonds. The predicted octanol–water partition coefficient (Wildman–Crippen LogP) is -0.596. The van der Waals surface area contributed by atoms with Gasteiger partial charge in [0.2, 0.25) is 0 Å². The van der Waals surface area contributed by atoms with Gasteiger partial charge in [-0.15, -0.1) is 0 Å². The predicted molar refractivity (Wildman–Crippen MR) is 75.2 cm³/mol. The van der Waals surface area contributed by atoms with E-state index in [4.69, 9.17) is 0 Å². The quantitative estimate of drug-likeness (QED) is 0.455. The molecule has 112 valence electrons. The standard InChI is InChI=1S/C11H18N4O4S/c1-4-12-11(2,9(18)19)5-6-20-10-13-7(16)8(17)14-15(10)3/h12H,4-6H2,1-3H3,(H,14,17)(H,18,19). The van der Waals surface area contributed by atoms with Crippen LogP contribution in [0, 0.1) is 0 Å². The molecule has 0 saturated carbocycles. The van der Waals surface area contributed by atoms with Gasteiger partial charge in [-0.3, -0.25) is 24.2 Å². The second-order valence-electron chi connectivity index (χ2n) is 4.47. The zero-order chi connectivity index (χ0) is 15.3. The Morgan fingerprint density at radius 3 is 2.75 bits per heavy atom. The normalized spacial score (nSPS) is 13.9. The van der Waals surface area contributed by atoms with Gasteiger partial charge in [0.15, 0.2) is 5.16 Å². The van der Waals surface area contributed by atoms with Gasteiger partial charge >= 0.3 is 17.1 Å². The van der Waals surface area contributed by atoms with Crippen LogP contribution in [0.5, 0.6) is 0 Å². The average molecular weight is 302 g/mol. The van der Waals surface area contributed by atoms with Crippen molar-refractivity contribution in [2.75, 3.05) is 12.3 Å². The maximum atomic E-state index is 11.2. The lowest BCUT2D eigenvalue weighted by molar-refractivity contribution is -0.144. The van der Waals surface area contributed by atoms with Gasteiger partial charge in [-0.05, 0) is 19.9 Å². The summed E-state index contributed by atoms with van der Waals surface area (Å²) in [6, 6.07) is 0. The molecule has 20 heavy (non-hydrogen) atoms. The maximum absolute atomic E-state index is 11.2. The van der Waals surface area contributed by atoms with Gasteiger partial charge in [-0.2, -0.15) is 4.98 Å². The van der Waals surface area contributed by atoms with E-state index in [1.165, 1.54) is 16.4 Å². The highest BCUT2D eigenvalue weighted by Crippen LogP contribution is 2.18. The van der Waals surface area contributed by atoms with E-state index in [9.17, 15) is 19.5 Å². The second kappa shape index (κ2) is 6.71. The number of hydrogen-bond acceptors (Lipinski definition) is 6. The molecule has 1 rings (SSSR count). The van der Waals surface area contributed by atoms with E-state index in [1.807, 2.05) is 6.92 Å². The van der Waals surface area contributed by atoms with Crippen molar-refractivity contribution in [3.8, 4) is 0 Å². The summed E-state index contributed by atoms with van der Waals surface area (Å²) in [5.74, 6) is -0.481. The van der Waals surface area contributed by atoms with Crippen molar-refractivity contribution < 1.29 is 9.90 Å². The highest BCUT2D eigenvalue weighted by Gasteiger charge is 2.31. The zero-order valence-corrected chi connectivity index (χ0v) is 12.4. The lowest BCUT2D eigenvalue weighted by Crippen LogP contribution is -2.49. The molecule has 1 atom stereocenters. The van der Waals surface area contributed by atoms with Crippen molar-refractivity contribution in [3.63, 3.8) is 0 Å². The van der Waals surface area contributed by atoms with Crippen LogP contribution >= 0.6 is 11.8 Å². The molecule has 9 heteroatoms. The van der Waals surface area contributed by atoms with E-state index < -0.39 is 22.6 Å². The molecule has 1 unspecified atom stereocenters. The molecule has 0 spiro atoms. The number of nitrogens with one attached hydrogen (secondary N) is 2. The van der Waals surface area contributed by atoms with Crippen LogP contribution in [0.15, 0.2) is 14.7 Å². The van der Waals surface area contributed by atoms with Crippen LogP contribution in [0.2, 0.25) is 0 Å². The van der Waals surface area contributed by atoms with E-state index in [0.29, 0.717) is 23.9 Å². The molecule has 1 aromatic rings. The number of H-pyrrole nitrogens is 1. The van der Waals surface area contributed by atoms with Crippen LogP contribution in [-0.2, 0) is 11.8 Å². The number of aromatic nitrogens is 3. The van der Waals surface area contributed by atoms with Crippen molar-refractivity contribution in [2.45, 2.75) is 31.0 Å². The van der Waals surface area contributed by atoms with Gasteiger partial charge < -0.3 is 10.4 Å². The fourth-order valence-corrected chi connectivity index (χ4v) is 2.68. The van der Waals surface area contributed by atoms with Gasteiger partial charge in [0.1, 0.15) is 5.54 Å². The number of likely N-dealkylation sites (N-methyl/N-ethyl adjacent to an activating group) is 1. The SMILES string of the molecule is CCNC(C)(CCSc1nc(=O)c(=O)[nH]n1C)C(=O)O. The van der Waals surface area contributed by atoms with Gasteiger partial charge in [-0.25, -0.2) is 0 Å². The molecule has 0 aliphatic heterocycles. The Kier molecular flexibility index (Phi) is 5.52. The second-order valence-corrected chi connectivity index (χ2v) is 5.53. The third-order valence-electron chi connectivity index (χ3n) is 2.82. The molecule has 0 radical (unpaired) electrons. The number of nitrogens with zero attached hydrogens (tertiary/aromatic N) is 2. The van der Waals surface area contributed by atoms with E-state index in [0.717, 1.165) is 0 Å². The molecule has 1 aromatic heterocycles. The summed E-state index contributed by atoms with van der Waals surface area (Å²) in [5, 5.41) is 14.8. The summed E-state index contributed by atoms with van der Waals surface area (Å²) in [6.07, 6.45) is 0.357. The molecule has 0 bridgehead atoms. The van der Waals surface area contributed by atoms with Crippen LogP contribution in [0.1, 0.15) is 20.3 Å². The van der Waals surface area contributed by atoms with E-state index in [2.05, 4.69) is 15.4 Å². The number of thioether (sulfide) groups is 1. The monoisotopic (exact) mass is 302 g/mol. The Balaban J connectivity index is 2.73. The van der Waals surface area contributed by atoms with Crippen LogP contribution in [0.4, 0.5) is 0 Å². The Morgan fingerprint density at radius 2 is 2.20 bits per heavy atom. The number of aryl methyl sites for hydroxylation is 1. The Labute approximate surface area is 119 Å². The van der Waals surface area contributed by atoms with Crippen molar-refractivity contribution in [1.29, 1.82) is 0 Å². The molecule has 0 aromatic carbocycles. The molecule has 0 saturated heterocycles. The average Bonchev–Trinajstić information content (AvgIpc) is 2.35. The third kappa shape index (κ3) is 3.94. The number of aliphatic carboxylic acids is 1. The van der Waals surface area contributed by atoms with Gasteiger partial charge in [-0.1, -0.05) is 18.7 Å². The Morgan fingerprint density at radius 1 is 1.55 bits per heavy atom. The molecular weight excluding hydrogens is 284 g/mol.